The van der Waals surface area contributed by atoms with Crippen molar-refractivity contribution in [2.75, 3.05) is 26.3 Å². The Morgan fingerprint density at radius 2 is 2.04 bits per heavy atom. The number of ether oxygens (including phenoxy) is 2. The number of rotatable bonds is 13. The van der Waals surface area contributed by atoms with Crippen LogP contribution in [0.4, 0.5) is 0 Å². The fourth-order valence-corrected chi connectivity index (χ4v) is 2.23. The molecule has 2 N–H and O–H groups in total. The van der Waals surface area contributed by atoms with Gasteiger partial charge in [0.25, 0.3) is 0 Å². The molecule has 0 amide bonds. The molecule has 1 unspecified atom stereocenters. The van der Waals surface area contributed by atoms with E-state index in [4.69, 9.17) is 9.47 Å². The second-order valence-electron chi connectivity index (χ2n) is 5.82. The summed E-state index contributed by atoms with van der Waals surface area (Å²) in [6.45, 7) is 8.62. The van der Waals surface area contributed by atoms with E-state index in [0.717, 1.165) is 24.9 Å². The monoisotopic (exact) mass is 337 g/mol. The predicted molar refractivity (Wildman–Crippen MR) is 95.7 cm³/mol. The molecule has 0 saturated carbocycles. The Labute approximate surface area is 145 Å². The van der Waals surface area contributed by atoms with Gasteiger partial charge in [-0.1, -0.05) is 20.8 Å². The van der Waals surface area contributed by atoms with E-state index in [2.05, 4.69) is 12.2 Å². The Balaban J connectivity index is 2.70. The third-order valence-electron chi connectivity index (χ3n) is 3.55. The number of carbonyl (C=O) groups is 1. The SMILES string of the molecule is CCCNCC(O)COc1ccc(C(=O)CC)cc1COCCC. The van der Waals surface area contributed by atoms with Gasteiger partial charge in [0.15, 0.2) is 5.78 Å². The van der Waals surface area contributed by atoms with E-state index in [0.29, 0.717) is 37.5 Å². The highest BCUT2D eigenvalue weighted by molar-refractivity contribution is 5.96. The zero-order valence-corrected chi connectivity index (χ0v) is 15.1. The van der Waals surface area contributed by atoms with Gasteiger partial charge in [-0.25, -0.2) is 0 Å². The van der Waals surface area contributed by atoms with E-state index >= 15 is 0 Å². The number of aliphatic hydroxyl groups excluding tert-OH is 1. The lowest BCUT2D eigenvalue weighted by Gasteiger charge is -2.16. The zero-order chi connectivity index (χ0) is 17.8. The molecule has 0 aliphatic heterocycles. The van der Waals surface area contributed by atoms with E-state index in [9.17, 15) is 9.90 Å². The van der Waals surface area contributed by atoms with E-state index in [1.165, 1.54) is 0 Å². The van der Waals surface area contributed by atoms with Crippen molar-refractivity contribution in [1.29, 1.82) is 0 Å². The van der Waals surface area contributed by atoms with Crippen LogP contribution in [-0.4, -0.2) is 43.3 Å². The Morgan fingerprint density at radius 1 is 1.25 bits per heavy atom. The second-order valence-corrected chi connectivity index (χ2v) is 5.82. The highest BCUT2D eigenvalue weighted by Crippen LogP contribution is 2.22. The highest BCUT2D eigenvalue weighted by Gasteiger charge is 2.12. The first kappa shape index (κ1) is 20.6. The highest BCUT2D eigenvalue weighted by atomic mass is 16.5. The number of nitrogens with one attached hydrogen (secondary N) is 1. The number of carbonyl (C=O) groups excluding carboxylic acids is 1. The Kier molecular flexibility index (Phi) is 10.3. The summed E-state index contributed by atoms with van der Waals surface area (Å²) < 4.78 is 11.3. The molecule has 0 fully saturated rings. The van der Waals surface area contributed by atoms with Gasteiger partial charge in [0.1, 0.15) is 18.5 Å². The summed E-state index contributed by atoms with van der Waals surface area (Å²) in [5, 5.41) is 13.1. The third kappa shape index (κ3) is 7.43. The number of aliphatic hydroxyl groups is 1. The first-order valence-electron chi connectivity index (χ1n) is 8.87. The average molecular weight is 337 g/mol. The normalized spacial score (nSPS) is 12.2. The van der Waals surface area contributed by atoms with E-state index in [1.54, 1.807) is 12.1 Å². The molecule has 136 valence electrons. The summed E-state index contributed by atoms with van der Waals surface area (Å²) in [6, 6.07) is 5.39. The van der Waals surface area contributed by atoms with Crippen LogP contribution < -0.4 is 10.1 Å². The van der Waals surface area contributed by atoms with Crippen molar-refractivity contribution in [1.82, 2.24) is 5.32 Å². The molecule has 1 atom stereocenters. The van der Waals surface area contributed by atoms with Crippen molar-refractivity contribution >= 4 is 5.78 Å². The molecule has 0 spiro atoms. The summed E-state index contributed by atoms with van der Waals surface area (Å²) in [5.41, 5.74) is 1.52. The fourth-order valence-electron chi connectivity index (χ4n) is 2.23. The lowest BCUT2D eigenvalue weighted by atomic mass is 10.1. The molecule has 0 aliphatic rings. The van der Waals surface area contributed by atoms with E-state index in [1.807, 2.05) is 19.9 Å². The average Bonchev–Trinajstić information content (AvgIpc) is 2.60. The molecule has 0 aromatic heterocycles. The molecular formula is C19H31NO4. The van der Waals surface area contributed by atoms with Crippen LogP contribution in [0.15, 0.2) is 18.2 Å². The van der Waals surface area contributed by atoms with Crippen molar-refractivity contribution in [3.63, 3.8) is 0 Å². The Morgan fingerprint density at radius 3 is 2.71 bits per heavy atom. The minimum absolute atomic E-state index is 0.0992. The smallest absolute Gasteiger partial charge is 0.162 e. The zero-order valence-electron chi connectivity index (χ0n) is 15.1. The van der Waals surface area contributed by atoms with Crippen LogP contribution in [0.2, 0.25) is 0 Å². The first-order valence-corrected chi connectivity index (χ1v) is 8.87. The summed E-state index contributed by atoms with van der Waals surface area (Å²) >= 11 is 0. The van der Waals surface area contributed by atoms with Gasteiger partial charge in [-0.15, -0.1) is 0 Å². The summed E-state index contributed by atoms with van der Waals surface area (Å²) in [6.07, 6.45) is 1.86. The van der Waals surface area contributed by atoms with E-state index < -0.39 is 6.10 Å². The molecular weight excluding hydrogens is 306 g/mol. The molecule has 24 heavy (non-hydrogen) atoms. The van der Waals surface area contributed by atoms with Crippen molar-refractivity contribution in [3.05, 3.63) is 29.3 Å². The quantitative estimate of drug-likeness (QED) is 0.428. The predicted octanol–water partition coefficient (Wildman–Crippen LogP) is 2.95. The molecule has 0 bridgehead atoms. The maximum Gasteiger partial charge on any atom is 0.162 e. The summed E-state index contributed by atoms with van der Waals surface area (Å²) in [4.78, 5) is 11.9. The summed E-state index contributed by atoms with van der Waals surface area (Å²) in [5.74, 6) is 0.760. The van der Waals surface area contributed by atoms with Gasteiger partial charge in [0.05, 0.1) is 6.61 Å². The maximum absolute atomic E-state index is 11.9. The van der Waals surface area contributed by atoms with Gasteiger partial charge >= 0.3 is 0 Å². The molecule has 5 heteroatoms. The van der Waals surface area contributed by atoms with Crippen molar-refractivity contribution in [3.8, 4) is 5.75 Å². The van der Waals surface area contributed by atoms with Gasteiger partial charge < -0.3 is 19.9 Å². The third-order valence-corrected chi connectivity index (χ3v) is 3.55. The first-order chi connectivity index (χ1) is 11.6. The van der Waals surface area contributed by atoms with Crippen LogP contribution in [0.1, 0.15) is 56.0 Å². The number of benzene rings is 1. The second kappa shape index (κ2) is 12.0. The molecule has 5 nitrogen and oxygen atoms in total. The van der Waals surface area contributed by atoms with Gasteiger partial charge in [-0.2, -0.15) is 0 Å². The van der Waals surface area contributed by atoms with Gasteiger partial charge in [-0.05, 0) is 37.6 Å². The lowest BCUT2D eigenvalue weighted by Crippen LogP contribution is -2.31. The number of ketones is 1. The number of Topliss-reactive ketones (excluding diaryl/α,β-unsaturated/α-hetero) is 1. The minimum Gasteiger partial charge on any atom is -0.490 e. The molecule has 0 radical (unpaired) electrons. The van der Waals surface area contributed by atoms with Gasteiger partial charge in [0.2, 0.25) is 0 Å². The maximum atomic E-state index is 11.9. The van der Waals surface area contributed by atoms with Crippen LogP contribution in [0.5, 0.6) is 5.75 Å². The van der Waals surface area contributed by atoms with Crippen molar-refractivity contribution < 1.29 is 19.4 Å². The van der Waals surface area contributed by atoms with Crippen LogP contribution >= 0.6 is 0 Å². The molecule has 0 aliphatic carbocycles. The lowest BCUT2D eigenvalue weighted by molar-refractivity contribution is 0.0968. The van der Waals surface area contributed by atoms with Crippen molar-refractivity contribution in [2.45, 2.75) is 52.7 Å². The van der Waals surface area contributed by atoms with Crippen LogP contribution in [-0.2, 0) is 11.3 Å². The molecule has 1 aromatic carbocycles. The summed E-state index contributed by atoms with van der Waals surface area (Å²) in [7, 11) is 0. The number of hydrogen-bond donors (Lipinski definition) is 2. The largest absolute Gasteiger partial charge is 0.490 e. The van der Waals surface area contributed by atoms with Crippen LogP contribution in [0.3, 0.4) is 0 Å². The molecule has 0 heterocycles. The van der Waals surface area contributed by atoms with Crippen molar-refractivity contribution in [2.24, 2.45) is 0 Å². The topological polar surface area (TPSA) is 67.8 Å². The number of hydrogen-bond acceptors (Lipinski definition) is 5. The molecule has 0 saturated heterocycles. The van der Waals surface area contributed by atoms with Gasteiger partial charge in [-0.3, -0.25) is 4.79 Å². The van der Waals surface area contributed by atoms with Crippen LogP contribution in [0, 0.1) is 0 Å². The fraction of sp³-hybridized carbons (Fsp3) is 0.632. The van der Waals surface area contributed by atoms with Crippen LogP contribution in [0.25, 0.3) is 0 Å². The molecule has 1 aromatic rings. The standard InChI is InChI=1S/C19H31NO4/c1-4-9-20-12-17(21)14-24-19-8-7-15(18(22)6-3)11-16(19)13-23-10-5-2/h7-8,11,17,20-21H,4-6,9-10,12-14H2,1-3H3. The Bertz CT molecular complexity index is 490. The Hall–Kier alpha value is -1.43. The van der Waals surface area contributed by atoms with E-state index in [-0.39, 0.29) is 12.4 Å². The molecule has 1 rings (SSSR count). The van der Waals surface area contributed by atoms with Gasteiger partial charge in [0, 0.05) is 30.7 Å². The minimum atomic E-state index is -0.571.